The molecular formula is C24H42O8Si. The van der Waals surface area contributed by atoms with E-state index in [1.54, 1.807) is 0 Å². The molecule has 4 aliphatic heterocycles. The summed E-state index contributed by atoms with van der Waals surface area (Å²) >= 11 is 0. The summed E-state index contributed by atoms with van der Waals surface area (Å²) in [6.07, 6.45) is 1.45. The number of ether oxygens (including phenoxy) is 7. The van der Waals surface area contributed by atoms with Gasteiger partial charge in [-0.05, 0) is 58.8 Å². The standard InChI is InChI=1S/C24H42O8Si/c1-14-15(32-33(9,10)22(2,3)4)11-12-17(26-14)25-13-16-18-19(29-23(5,6)28-18)20-21(27-16)31-24(7,8)30-20/h11-12,14-21H,13H2,1-10H3/t14-,15+,16+,17-,18-,19-,20+,21+/m0/s1. The fourth-order valence-corrected chi connectivity index (χ4v) is 5.76. The van der Waals surface area contributed by atoms with Crippen molar-refractivity contribution in [3.63, 3.8) is 0 Å². The Balaban J connectivity index is 1.38. The average Bonchev–Trinajstić information content (AvgIpc) is 3.14. The second-order valence-corrected chi connectivity index (χ2v) is 16.7. The quantitative estimate of drug-likeness (QED) is 0.425. The van der Waals surface area contributed by atoms with Crippen LogP contribution in [0, 0.1) is 0 Å². The van der Waals surface area contributed by atoms with Crippen LogP contribution in [0.25, 0.3) is 0 Å². The minimum absolute atomic E-state index is 0.0829. The van der Waals surface area contributed by atoms with Gasteiger partial charge in [-0.3, -0.25) is 0 Å². The van der Waals surface area contributed by atoms with Crippen molar-refractivity contribution in [2.24, 2.45) is 0 Å². The van der Waals surface area contributed by atoms with Crippen LogP contribution in [0.15, 0.2) is 12.2 Å². The Morgan fingerprint density at radius 3 is 2.09 bits per heavy atom. The van der Waals surface area contributed by atoms with Crippen molar-refractivity contribution in [2.75, 3.05) is 6.61 Å². The number of hydrogen-bond donors (Lipinski definition) is 0. The lowest BCUT2D eigenvalue weighted by Gasteiger charge is -2.42. The molecule has 0 aromatic heterocycles. The van der Waals surface area contributed by atoms with Crippen LogP contribution in [0.5, 0.6) is 0 Å². The fourth-order valence-electron chi connectivity index (χ4n) is 4.46. The molecule has 0 N–H and O–H groups in total. The SMILES string of the molecule is C[C@@H]1O[C@H](OC[C@H]2O[C@@H]3OC(C)(C)O[C@@H]3[C@H]3OC(C)(C)O[C@H]32)C=C[C@H]1O[Si](C)(C)C(C)(C)C. The van der Waals surface area contributed by atoms with Gasteiger partial charge < -0.3 is 37.6 Å². The van der Waals surface area contributed by atoms with Crippen molar-refractivity contribution in [2.45, 2.75) is 134 Å². The molecule has 9 heteroatoms. The van der Waals surface area contributed by atoms with Crippen LogP contribution in [0.2, 0.25) is 18.1 Å². The number of rotatable bonds is 5. The third-order valence-corrected chi connectivity index (χ3v) is 11.7. The molecule has 0 aromatic carbocycles. The topological polar surface area (TPSA) is 73.8 Å². The minimum Gasteiger partial charge on any atom is -0.408 e. The second kappa shape index (κ2) is 8.64. The second-order valence-electron chi connectivity index (χ2n) is 12.0. The predicted octanol–water partition coefficient (Wildman–Crippen LogP) is 4.09. The lowest BCUT2D eigenvalue weighted by Crippen LogP contribution is -2.56. The highest BCUT2D eigenvalue weighted by Gasteiger charge is 2.60. The highest BCUT2D eigenvalue weighted by Crippen LogP contribution is 2.44. The third-order valence-electron chi connectivity index (χ3n) is 7.18. The molecule has 3 saturated heterocycles. The first-order chi connectivity index (χ1) is 15.1. The highest BCUT2D eigenvalue weighted by atomic mass is 28.4. The monoisotopic (exact) mass is 486 g/mol. The lowest BCUT2D eigenvalue weighted by molar-refractivity contribution is -0.256. The van der Waals surface area contributed by atoms with E-state index in [1.165, 1.54) is 0 Å². The summed E-state index contributed by atoms with van der Waals surface area (Å²) in [5, 5.41) is 0.137. The van der Waals surface area contributed by atoms with Crippen LogP contribution in [0.4, 0.5) is 0 Å². The predicted molar refractivity (Wildman–Crippen MR) is 124 cm³/mol. The van der Waals surface area contributed by atoms with Gasteiger partial charge in [0, 0.05) is 0 Å². The first-order valence-corrected chi connectivity index (χ1v) is 15.0. The summed E-state index contributed by atoms with van der Waals surface area (Å²) in [7, 11) is -1.90. The number of hydrogen-bond acceptors (Lipinski definition) is 8. The van der Waals surface area contributed by atoms with Gasteiger partial charge >= 0.3 is 0 Å². The molecule has 0 unspecified atom stereocenters. The molecule has 4 aliphatic rings. The van der Waals surface area contributed by atoms with Crippen LogP contribution in [-0.2, 0) is 37.6 Å². The van der Waals surface area contributed by atoms with Gasteiger partial charge in [0.1, 0.15) is 24.4 Å². The van der Waals surface area contributed by atoms with Crippen LogP contribution in [0.1, 0.15) is 55.4 Å². The van der Waals surface area contributed by atoms with E-state index >= 15 is 0 Å². The van der Waals surface area contributed by atoms with Gasteiger partial charge in [-0.15, -0.1) is 0 Å². The van der Waals surface area contributed by atoms with Crippen molar-refractivity contribution in [1.29, 1.82) is 0 Å². The zero-order valence-electron chi connectivity index (χ0n) is 21.7. The molecule has 0 spiro atoms. The summed E-state index contributed by atoms with van der Waals surface area (Å²) in [5.74, 6) is -1.47. The van der Waals surface area contributed by atoms with Crippen molar-refractivity contribution in [3.8, 4) is 0 Å². The Bertz CT molecular complexity index is 745. The highest BCUT2D eigenvalue weighted by molar-refractivity contribution is 6.74. The van der Waals surface area contributed by atoms with Gasteiger partial charge in [0.05, 0.1) is 18.8 Å². The maximum Gasteiger partial charge on any atom is 0.193 e. The van der Waals surface area contributed by atoms with E-state index in [4.69, 9.17) is 37.6 Å². The van der Waals surface area contributed by atoms with E-state index in [9.17, 15) is 0 Å². The van der Waals surface area contributed by atoms with Crippen LogP contribution in [0.3, 0.4) is 0 Å². The largest absolute Gasteiger partial charge is 0.408 e. The van der Waals surface area contributed by atoms with E-state index in [0.717, 1.165) is 0 Å². The Labute approximate surface area is 199 Å². The van der Waals surface area contributed by atoms with Crippen LogP contribution >= 0.6 is 0 Å². The molecule has 0 aliphatic carbocycles. The average molecular weight is 487 g/mol. The summed E-state index contributed by atoms with van der Waals surface area (Å²) in [5.41, 5.74) is 0. The summed E-state index contributed by atoms with van der Waals surface area (Å²) in [6, 6.07) is 0. The molecular weight excluding hydrogens is 444 g/mol. The molecule has 190 valence electrons. The van der Waals surface area contributed by atoms with Crippen LogP contribution in [-0.4, -0.2) is 75.7 Å². The molecule has 8 atom stereocenters. The Kier molecular flexibility index (Phi) is 6.73. The molecule has 0 radical (unpaired) electrons. The molecule has 3 fully saturated rings. The van der Waals surface area contributed by atoms with Crippen molar-refractivity contribution >= 4 is 8.32 Å². The summed E-state index contributed by atoms with van der Waals surface area (Å²) in [4.78, 5) is 0. The lowest BCUT2D eigenvalue weighted by atomic mass is 9.99. The van der Waals surface area contributed by atoms with E-state index in [1.807, 2.05) is 40.7 Å². The zero-order chi connectivity index (χ0) is 24.4. The van der Waals surface area contributed by atoms with Gasteiger partial charge in [0.2, 0.25) is 0 Å². The maximum atomic E-state index is 6.52. The van der Waals surface area contributed by atoms with Crippen molar-refractivity contribution < 1.29 is 37.6 Å². The summed E-state index contributed by atoms with van der Waals surface area (Å²) in [6.45, 7) is 21.1. The van der Waals surface area contributed by atoms with E-state index in [2.05, 4.69) is 39.9 Å². The molecule has 33 heavy (non-hydrogen) atoms. The van der Waals surface area contributed by atoms with Gasteiger partial charge in [-0.25, -0.2) is 0 Å². The molecule has 0 bridgehead atoms. The van der Waals surface area contributed by atoms with E-state index in [0.29, 0.717) is 0 Å². The van der Waals surface area contributed by atoms with E-state index < -0.39 is 32.5 Å². The van der Waals surface area contributed by atoms with E-state index in [-0.39, 0.29) is 48.3 Å². The smallest absolute Gasteiger partial charge is 0.193 e. The third kappa shape index (κ3) is 5.41. The molecule has 4 rings (SSSR count). The zero-order valence-corrected chi connectivity index (χ0v) is 22.7. The number of fused-ring (bicyclic) bond motifs is 3. The first kappa shape index (κ1) is 25.7. The normalized spacial score (nSPS) is 42.2. The van der Waals surface area contributed by atoms with Crippen molar-refractivity contribution in [1.82, 2.24) is 0 Å². The molecule has 0 amide bonds. The molecule has 0 aromatic rings. The molecule has 4 heterocycles. The first-order valence-electron chi connectivity index (χ1n) is 12.1. The minimum atomic E-state index is -1.90. The Morgan fingerprint density at radius 2 is 1.45 bits per heavy atom. The summed E-state index contributed by atoms with van der Waals surface area (Å²) < 4.78 is 49.3. The van der Waals surface area contributed by atoms with Crippen LogP contribution < -0.4 is 0 Å². The van der Waals surface area contributed by atoms with Gasteiger partial charge in [0.25, 0.3) is 0 Å². The van der Waals surface area contributed by atoms with Crippen molar-refractivity contribution in [3.05, 3.63) is 12.2 Å². The molecule has 8 nitrogen and oxygen atoms in total. The maximum absolute atomic E-state index is 6.52. The fraction of sp³-hybridized carbons (Fsp3) is 0.917. The molecule has 0 saturated carbocycles. The van der Waals surface area contributed by atoms with Gasteiger partial charge in [-0.1, -0.05) is 26.8 Å². The Hall–Kier alpha value is -0.363. The van der Waals surface area contributed by atoms with Gasteiger partial charge in [0.15, 0.2) is 32.5 Å². The Morgan fingerprint density at radius 1 is 0.848 bits per heavy atom. The van der Waals surface area contributed by atoms with Gasteiger partial charge in [-0.2, -0.15) is 0 Å².